The number of para-hydroxylation sites is 1. The first-order valence-corrected chi connectivity index (χ1v) is 11.3. The smallest absolute Gasteiger partial charge is 0.345 e. The van der Waals surface area contributed by atoms with Gasteiger partial charge in [0, 0.05) is 19.4 Å². The highest BCUT2D eigenvalue weighted by Gasteiger charge is 2.23. The summed E-state index contributed by atoms with van der Waals surface area (Å²) in [6.45, 7) is 2.69. The van der Waals surface area contributed by atoms with Crippen molar-refractivity contribution in [3.8, 4) is 5.75 Å². The standard InChI is InChI=1S/C20H31NO6S/c1-2-3-4-5-7-14-19(23)21-16-11-6-8-15-20(24)27-28(25,26)18-13-10-9-12-17(18)22/h9-10,12-13,22H,2-8,11,14-16H2,1H3,(H,21,23). The lowest BCUT2D eigenvalue weighted by molar-refractivity contribution is -0.134. The number of phenols is 1. The number of amides is 1. The molecule has 8 heteroatoms. The van der Waals surface area contributed by atoms with Crippen LogP contribution in [0.2, 0.25) is 0 Å². The van der Waals surface area contributed by atoms with Crippen LogP contribution in [0.15, 0.2) is 29.2 Å². The fraction of sp³-hybridized carbons (Fsp3) is 0.600. The summed E-state index contributed by atoms with van der Waals surface area (Å²) in [6, 6.07) is 5.28. The van der Waals surface area contributed by atoms with Crippen molar-refractivity contribution in [2.75, 3.05) is 6.54 Å². The van der Waals surface area contributed by atoms with E-state index in [-0.39, 0.29) is 12.3 Å². The van der Waals surface area contributed by atoms with E-state index < -0.39 is 26.7 Å². The Kier molecular flexibility index (Phi) is 11.2. The average molecular weight is 414 g/mol. The van der Waals surface area contributed by atoms with Crippen molar-refractivity contribution in [2.45, 2.75) is 76.0 Å². The lowest BCUT2D eigenvalue weighted by Crippen LogP contribution is -2.24. The number of unbranched alkanes of at least 4 members (excludes halogenated alkanes) is 6. The summed E-state index contributed by atoms with van der Waals surface area (Å²) < 4.78 is 28.5. The molecule has 0 fully saturated rings. The van der Waals surface area contributed by atoms with Gasteiger partial charge < -0.3 is 14.6 Å². The molecule has 158 valence electrons. The number of hydrogen-bond acceptors (Lipinski definition) is 6. The van der Waals surface area contributed by atoms with E-state index in [0.717, 1.165) is 12.8 Å². The summed E-state index contributed by atoms with van der Waals surface area (Å²) >= 11 is 0. The zero-order chi connectivity index (χ0) is 20.8. The summed E-state index contributed by atoms with van der Waals surface area (Å²) in [5.41, 5.74) is 0. The molecule has 0 unspecified atom stereocenters. The van der Waals surface area contributed by atoms with Gasteiger partial charge in [-0.25, -0.2) is 0 Å². The third-order valence-corrected chi connectivity index (χ3v) is 5.51. The molecule has 0 saturated heterocycles. The molecule has 0 aromatic heterocycles. The number of aromatic hydroxyl groups is 1. The number of hydrogen-bond donors (Lipinski definition) is 2. The molecular weight excluding hydrogens is 382 g/mol. The summed E-state index contributed by atoms with van der Waals surface area (Å²) in [4.78, 5) is 23.0. The first-order chi connectivity index (χ1) is 13.4. The van der Waals surface area contributed by atoms with Crippen LogP contribution < -0.4 is 5.32 Å². The molecule has 1 rings (SSSR count). The minimum atomic E-state index is -4.32. The van der Waals surface area contributed by atoms with Crippen molar-refractivity contribution in [1.82, 2.24) is 5.32 Å². The Hall–Kier alpha value is -2.09. The predicted molar refractivity (Wildman–Crippen MR) is 106 cm³/mol. The average Bonchev–Trinajstić information content (AvgIpc) is 2.64. The molecule has 1 aromatic carbocycles. The van der Waals surface area contributed by atoms with Crippen molar-refractivity contribution in [3.05, 3.63) is 24.3 Å². The van der Waals surface area contributed by atoms with Gasteiger partial charge in [-0.05, 0) is 31.4 Å². The van der Waals surface area contributed by atoms with Crippen LogP contribution in [0.3, 0.4) is 0 Å². The normalized spacial score (nSPS) is 11.2. The summed E-state index contributed by atoms with van der Waals surface area (Å²) in [7, 11) is -4.32. The number of benzene rings is 1. The van der Waals surface area contributed by atoms with Gasteiger partial charge in [-0.3, -0.25) is 9.59 Å². The van der Waals surface area contributed by atoms with Crippen LogP contribution >= 0.6 is 0 Å². The Bertz CT molecular complexity index is 717. The van der Waals surface area contributed by atoms with E-state index >= 15 is 0 Å². The molecule has 0 spiro atoms. The maximum atomic E-state index is 12.0. The van der Waals surface area contributed by atoms with E-state index in [9.17, 15) is 23.1 Å². The van der Waals surface area contributed by atoms with Crippen LogP contribution in [0.5, 0.6) is 5.75 Å². The van der Waals surface area contributed by atoms with E-state index in [1.807, 2.05) is 0 Å². The van der Waals surface area contributed by atoms with E-state index in [1.54, 1.807) is 0 Å². The van der Waals surface area contributed by atoms with Crippen molar-refractivity contribution >= 4 is 22.0 Å². The lowest BCUT2D eigenvalue weighted by Gasteiger charge is -2.07. The molecule has 0 saturated carbocycles. The van der Waals surface area contributed by atoms with Gasteiger partial charge in [0.15, 0.2) is 0 Å². The quantitative estimate of drug-likeness (QED) is 0.356. The van der Waals surface area contributed by atoms with E-state index in [4.69, 9.17) is 0 Å². The second-order valence-corrected chi connectivity index (χ2v) is 8.22. The molecule has 0 aliphatic heterocycles. The number of carbonyl (C=O) groups is 2. The molecule has 0 heterocycles. The molecule has 2 N–H and O–H groups in total. The third-order valence-electron chi connectivity index (χ3n) is 4.22. The van der Waals surface area contributed by atoms with Gasteiger partial charge in [0.25, 0.3) is 0 Å². The predicted octanol–water partition coefficient (Wildman–Crippen LogP) is 3.66. The molecule has 0 atom stereocenters. The van der Waals surface area contributed by atoms with Crippen LogP contribution in [0.1, 0.15) is 71.1 Å². The third kappa shape index (κ3) is 9.73. The molecular formula is C20H31NO6S. The maximum absolute atomic E-state index is 12.0. The molecule has 1 amide bonds. The molecule has 28 heavy (non-hydrogen) atoms. The highest BCUT2D eigenvalue weighted by Crippen LogP contribution is 2.23. The Morgan fingerprint density at radius 1 is 0.964 bits per heavy atom. The topological polar surface area (TPSA) is 110 Å². The minimum absolute atomic E-state index is 0.0435. The molecule has 0 bridgehead atoms. The van der Waals surface area contributed by atoms with Crippen LogP contribution in [0.4, 0.5) is 0 Å². The molecule has 0 aliphatic rings. The van der Waals surface area contributed by atoms with E-state index in [1.165, 1.54) is 43.5 Å². The largest absolute Gasteiger partial charge is 0.506 e. The SMILES string of the molecule is CCCCCCCC(=O)NCCCCCC(=O)OS(=O)(=O)c1ccccc1O. The van der Waals surface area contributed by atoms with Crippen molar-refractivity contribution < 1.29 is 27.3 Å². The van der Waals surface area contributed by atoms with Gasteiger partial charge >= 0.3 is 16.1 Å². The van der Waals surface area contributed by atoms with Crippen LogP contribution in [0.25, 0.3) is 0 Å². The minimum Gasteiger partial charge on any atom is -0.506 e. The van der Waals surface area contributed by atoms with Gasteiger partial charge in [0.2, 0.25) is 5.91 Å². The van der Waals surface area contributed by atoms with E-state index in [2.05, 4.69) is 16.4 Å². The Labute approximate surface area is 167 Å². The molecule has 1 aromatic rings. The van der Waals surface area contributed by atoms with Crippen molar-refractivity contribution in [2.24, 2.45) is 0 Å². The zero-order valence-corrected chi connectivity index (χ0v) is 17.3. The van der Waals surface area contributed by atoms with Gasteiger partial charge in [0.1, 0.15) is 10.6 Å². The maximum Gasteiger partial charge on any atom is 0.345 e. The van der Waals surface area contributed by atoms with Crippen LogP contribution in [0, 0.1) is 0 Å². The summed E-state index contributed by atoms with van der Waals surface area (Å²) in [6.07, 6.45) is 7.87. The van der Waals surface area contributed by atoms with Gasteiger partial charge in [0.05, 0.1) is 0 Å². The number of nitrogens with one attached hydrogen (secondary N) is 1. The monoisotopic (exact) mass is 413 g/mol. The second kappa shape index (κ2) is 13.1. The fourth-order valence-electron chi connectivity index (χ4n) is 2.65. The zero-order valence-electron chi connectivity index (χ0n) is 16.5. The van der Waals surface area contributed by atoms with Crippen LogP contribution in [-0.4, -0.2) is 31.9 Å². The van der Waals surface area contributed by atoms with E-state index in [0.29, 0.717) is 32.2 Å². The van der Waals surface area contributed by atoms with Gasteiger partial charge in [-0.2, -0.15) is 8.42 Å². The highest BCUT2D eigenvalue weighted by atomic mass is 32.2. The van der Waals surface area contributed by atoms with Crippen molar-refractivity contribution in [3.63, 3.8) is 0 Å². The van der Waals surface area contributed by atoms with Gasteiger partial charge in [-0.1, -0.05) is 51.2 Å². The molecule has 0 radical (unpaired) electrons. The summed E-state index contributed by atoms with van der Waals surface area (Å²) in [5, 5.41) is 12.4. The lowest BCUT2D eigenvalue weighted by atomic mass is 10.1. The Morgan fingerprint density at radius 2 is 1.61 bits per heavy atom. The Morgan fingerprint density at radius 3 is 2.32 bits per heavy atom. The number of phenolic OH excluding ortho intramolecular Hbond substituents is 1. The highest BCUT2D eigenvalue weighted by molar-refractivity contribution is 7.87. The van der Waals surface area contributed by atoms with Gasteiger partial charge in [-0.15, -0.1) is 0 Å². The first kappa shape index (κ1) is 23.9. The Balaban J connectivity index is 2.14. The van der Waals surface area contributed by atoms with Crippen molar-refractivity contribution in [1.29, 1.82) is 0 Å². The molecule has 0 aliphatic carbocycles. The molecule has 7 nitrogen and oxygen atoms in total. The fourth-order valence-corrected chi connectivity index (χ4v) is 3.64. The number of carbonyl (C=O) groups excluding carboxylic acids is 2. The second-order valence-electron chi connectivity index (χ2n) is 6.70. The summed E-state index contributed by atoms with van der Waals surface area (Å²) in [5.74, 6) is -1.28. The number of rotatable bonds is 14. The van der Waals surface area contributed by atoms with Crippen LogP contribution in [-0.2, 0) is 23.9 Å². The first-order valence-electron chi connectivity index (χ1n) is 9.89.